The second kappa shape index (κ2) is 8.37. The highest BCUT2D eigenvalue weighted by molar-refractivity contribution is 6.30. The van der Waals surface area contributed by atoms with E-state index in [0.29, 0.717) is 22.2 Å². The van der Waals surface area contributed by atoms with Gasteiger partial charge in [-0.2, -0.15) is 0 Å². The highest BCUT2D eigenvalue weighted by Gasteiger charge is 2.21. The number of piperidine rings is 1. The number of benzene rings is 2. The summed E-state index contributed by atoms with van der Waals surface area (Å²) in [4.78, 5) is 26.6. The minimum Gasteiger partial charge on any atom is -0.338 e. The summed E-state index contributed by atoms with van der Waals surface area (Å²) in [5, 5.41) is 3.51. The third-order valence-electron chi connectivity index (χ3n) is 4.64. The molecule has 1 saturated heterocycles. The van der Waals surface area contributed by atoms with E-state index in [1.54, 1.807) is 36.4 Å². The van der Waals surface area contributed by atoms with Crippen LogP contribution in [0.4, 0.5) is 5.69 Å². The predicted octanol–water partition coefficient (Wildman–Crippen LogP) is 4.39. The van der Waals surface area contributed by atoms with Crippen LogP contribution in [0.2, 0.25) is 5.02 Å². The lowest BCUT2D eigenvalue weighted by Gasteiger charge is -2.31. The van der Waals surface area contributed by atoms with E-state index >= 15 is 0 Å². The first-order valence-electron chi connectivity index (χ1n) is 8.95. The molecule has 5 heteroatoms. The van der Waals surface area contributed by atoms with Crippen molar-refractivity contribution in [3.63, 3.8) is 0 Å². The van der Waals surface area contributed by atoms with Gasteiger partial charge in [-0.05, 0) is 60.7 Å². The van der Waals surface area contributed by atoms with E-state index in [0.717, 1.165) is 25.1 Å². The van der Waals surface area contributed by atoms with E-state index in [1.807, 2.05) is 17.0 Å². The van der Waals surface area contributed by atoms with E-state index in [9.17, 15) is 9.59 Å². The Morgan fingerprint density at radius 2 is 1.81 bits per heavy atom. The first-order chi connectivity index (χ1) is 12.5. The van der Waals surface area contributed by atoms with Crippen LogP contribution >= 0.6 is 11.6 Å². The number of halogens is 1. The molecule has 1 N–H and O–H groups in total. The molecule has 1 atom stereocenters. The van der Waals surface area contributed by atoms with Gasteiger partial charge in [-0.3, -0.25) is 9.59 Å². The second-order valence-electron chi connectivity index (χ2n) is 6.93. The van der Waals surface area contributed by atoms with Gasteiger partial charge in [0.2, 0.25) is 5.91 Å². The van der Waals surface area contributed by atoms with E-state index < -0.39 is 0 Å². The Bertz CT molecular complexity index is 772. The number of nitrogens with zero attached hydrogens (tertiary/aromatic N) is 1. The lowest BCUT2D eigenvalue weighted by molar-refractivity contribution is -0.115. The van der Waals surface area contributed by atoms with Crippen LogP contribution in [0, 0.1) is 5.92 Å². The molecule has 1 fully saturated rings. The van der Waals surface area contributed by atoms with Crippen LogP contribution in [-0.2, 0) is 11.2 Å². The highest BCUT2D eigenvalue weighted by atomic mass is 35.5. The quantitative estimate of drug-likeness (QED) is 0.867. The lowest BCUT2D eigenvalue weighted by atomic mass is 9.99. The fraction of sp³-hybridized carbons (Fsp3) is 0.333. The molecule has 1 heterocycles. The zero-order valence-electron chi connectivity index (χ0n) is 14.9. The molecule has 2 aromatic rings. The Labute approximate surface area is 159 Å². The second-order valence-corrected chi connectivity index (χ2v) is 7.36. The topological polar surface area (TPSA) is 49.4 Å². The van der Waals surface area contributed by atoms with Gasteiger partial charge in [-0.25, -0.2) is 0 Å². The fourth-order valence-electron chi connectivity index (χ4n) is 3.25. The van der Waals surface area contributed by atoms with E-state index in [4.69, 9.17) is 11.6 Å². The molecule has 0 aliphatic carbocycles. The summed E-state index contributed by atoms with van der Waals surface area (Å²) >= 11 is 5.85. The fourth-order valence-corrected chi connectivity index (χ4v) is 3.37. The van der Waals surface area contributed by atoms with Crippen molar-refractivity contribution in [1.82, 2.24) is 4.90 Å². The molecule has 3 rings (SSSR count). The van der Waals surface area contributed by atoms with E-state index in [2.05, 4.69) is 12.2 Å². The van der Waals surface area contributed by atoms with Crippen LogP contribution in [0.15, 0.2) is 48.5 Å². The van der Waals surface area contributed by atoms with Crippen LogP contribution in [0.5, 0.6) is 0 Å². The summed E-state index contributed by atoms with van der Waals surface area (Å²) in [6.07, 6.45) is 2.53. The number of rotatable bonds is 4. The van der Waals surface area contributed by atoms with Crippen molar-refractivity contribution in [2.45, 2.75) is 26.2 Å². The van der Waals surface area contributed by atoms with Crippen molar-refractivity contribution < 1.29 is 9.59 Å². The zero-order chi connectivity index (χ0) is 18.5. The minimum atomic E-state index is -0.101. The molecule has 136 valence electrons. The van der Waals surface area contributed by atoms with Crippen molar-refractivity contribution in [1.29, 1.82) is 0 Å². The SMILES string of the molecule is CC1CCCN(C(=O)c2ccc(NC(=O)Cc3ccc(Cl)cc3)cc2)C1. The minimum absolute atomic E-state index is 0.0654. The van der Waals surface area contributed by atoms with Crippen molar-refractivity contribution in [3.8, 4) is 0 Å². The van der Waals surface area contributed by atoms with Crippen LogP contribution < -0.4 is 5.32 Å². The summed E-state index contributed by atoms with van der Waals surface area (Å²) in [6.45, 7) is 3.82. The number of nitrogens with one attached hydrogen (secondary N) is 1. The number of hydrogen-bond acceptors (Lipinski definition) is 2. The maximum Gasteiger partial charge on any atom is 0.253 e. The van der Waals surface area contributed by atoms with Gasteiger partial charge in [0.1, 0.15) is 0 Å². The Hall–Kier alpha value is -2.33. The molecule has 0 spiro atoms. The summed E-state index contributed by atoms with van der Waals surface area (Å²) in [5.41, 5.74) is 2.25. The first-order valence-corrected chi connectivity index (χ1v) is 9.32. The third-order valence-corrected chi connectivity index (χ3v) is 4.89. The predicted molar refractivity (Wildman–Crippen MR) is 105 cm³/mol. The summed E-state index contributed by atoms with van der Waals surface area (Å²) in [5.74, 6) is 0.519. The number of anilines is 1. The summed E-state index contributed by atoms with van der Waals surface area (Å²) < 4.78 is 0. The van der Waals surface area contributed by atoms with Gasteiger partial charge in [0.25, 0.3) is 5.91 Å². The molecule has 0 saturated carbocycles. The molecule has 1 unspecified atom stereocenters. The molecule has 2 amide bonds. The Kier molecular flexibility index (Phi) is 5.94. The molecule has 2 aromatic carbocycles. The largest absolute Gasteiger partial charge is 0.338 e. The van der Waals surface area contributed by atoms with Crippen LogP contribution in [-0.4, -0.2) is 29.8 Å². The normalized spacial score (nSPS) is 17.0. The number of carbonyl (C=O) groups excluding carboxylic acids is 2. The van der Waals surface area contributed by atoms with Gasteiger partial charge < -0.3 is 10.2 Å². The standard InChI is InChI=1S/C21H23ClN2O2/c1-15-3-2-12-24(14-15)21(26)17-6-10-19(11-7-17)23-20(25)13-16-4-8-18(22)9-5-16/h4-11,15H,2-3,12-14H2,1H3,(H,23,25). The highest BCUT2D eigenvalue weighted by Crippen LogP contribution is 2.19. The average Bonchev–Trinajstić information content (AvgIpc) is 2.64. The molecular formula is C21H23ClN2O2. The van der Waals surface area contributed by atoms with Gasteiger partial charge in [0.05, 0.1) is 6.42 Å². The van der Waals surface area contributed by atoms with E-state index in [1.165, 1.54) is 6.42 Å². The summed E-state index contributed by atoms with van der Waals surface area (Å²) in [7, 11) is 0. The molecule has 0 radical (unpaired) electrons. The monoisotopic (exact) mass is 370 g/mol. The zero-order valence-corrected chi connectivity index (χ0v) is 15.6. The molecule has 4 nitrogen and oxygen atoms in total. The first kappa shape index (κ1) is 18.5. The Morgan fingerprint density at radius 3 is 2.46 bits per heavy atom. The van der Waals surface area contributed by atoms with Crippen LogP contribution in [0.3, 0.4) is 0 Å². The van der Waals surface area contributed by atoms with Gasteiger partial charge in [-0.15, -0.1) is 0 Å². The van der Waals surface area contributed by atoms with Crippen molar-refractivity contribution in [2.75, 3.05) is 18.4 Å². The number of amides is 2. The van der Waals surface area contributed by atoms with Gasteiger partial charge >= 0.3 is 0 Å². The maximum absolute atomic E-state index is 12.6. The van der Waals surface area contributed by atoms with Gasteiger partial charge in [0, 0.05) is 29.4 Å². The van der Waals surface area contributed by atoms with Gasteiger partial charge in [0.15, 0.2) is 0 Å². The van der Waals surface area contributed by atoms with Crippen molar-refractivity contribution in [3.05, 3.63) is 64.7 Å². The van der Waals surface area contributed by atoms with Crippen LogP contribution in [0.25, 0.3) is 0 Å². The number of carbonyl (C=O) groups is 2. The average molecular weight is 371 g/mol. The van der Waals surface area contributed by atoms with Gasteiger partial charge in [-0.1, -0.05) is 30.7 Å². The Balaban J connectivity index is 1.57. The molecule has 0 aromatic heterocycles. The van der Waals surface area contributed by atoms with Crippen molar-refractivity contribution >= 4 is 29.1 Å². The molecule has 26 heavy (non-hydrogen) atoms. The number of hydrogen-bond donors (Lipinski definition) is 1. The smallest absolute Gasteiger partial charge is 0.253 e. The third kappa shape index (κ3) is 4.85. The maximum atomic E-state index is 12.6. The van der Waals surface area contributed by atoms with Crippen molar-refractivity contribution in [2.24, 2.45) is 5.92 Å². The molecule has 0 bridgehead atoms. The molecular weight excluding hydrogens is 348 g/mol. The van der Waals surface area contributed by atoms with E-state index in [-0.39, 0.29) is 18.2 Å². The number of likely N-dealkylation sites (tertiary alicyclic amines) is 1. The lowest BCUT2D eigenvalue weighted by Crippen LogP contribution is -2.39. The molecule has 1 aliphatic heterocycles. The Morgan fingerprint density at radius 1 is 1.12 bits per heavy atom. The molecule has 1 aliphatic rings. The van der Waals surface area contributed by atoms with Crippen LogP contribution in [0.1, 0.15) is 35.7 Å². The summed E-state index contributed by atoms with van der Waals surface area (Å²) in [6, 6.07) is 14.3.